The number of carbonyl (C=O) groups is 1. The fraction of sp³-hybridized carbons (Fsp3) is 0.632. The standard InChI is InChI=1S/C19H27ClN2O3/c1-11(2)10-25-18-15(20)6-13(7-17(18)24-3)19(23)22-8-12-4-5-16(21)14(12)9-22/h6-7,11-12,14,16H,4-5,8-10,21H2,1-3H3. The minimum absolute atomic E-state index is 0.0165. The van der Waals surface area contributed by atoms with Crippen molar-refractivity contribution in [3.8, 4) is 11.5 Å². The van der Waals surface area contributed by atoms with Crippen LogP contribution >= 0.6 is 11.6 Å². The molecule has 2 fully saturated rings. The van der Waals surface area contributed by atoms with Crippen LogP contribution in [-0.2, 0) is 0 Å². The molecule has 3 atom stereocenters. The first kappa shape index (κ1) is 18.3. The summed E-state index contributed by atoms with van der Waals surface area (Å²) in [4.78, 5) is 14.8. The number of nitrogens with two attached hydrogens (primary N) is 1. The summed E-state index contributed by atoms with van der Waals surface area (Å²) < 4.78 is 11.2. The average molecular weight is 367 g/mol. The third-order valence-electron chi connectivity index (χ3n) is 5.24. The first-order chi connectivity index (χ1) is 11.9. The summed E-state index contributed by atoms with van der Waals surface area (Å²) in [5.74, 6) is 2.30. The average Bonchev–Trinajstić information content (AvgIpc) is 3.14. The van der Waals surface area contributed by atoms with Crippen LogP contribution in [0, 0.1) is 17.8 Å². The lowest BCUT2D eigenvalue weighted by Crippen LogP contribution is -2.33. The number of halogens is 1. The van der Waals surface area contributed by atoms with Crippen molar-refractivity contribution in [3.05, 3.63) is 22.7 Å². The number of nitrogens with zero attached hydrogens (tertiary/aromatic N) is 1. The summed E-state index contributed by atoms with van der Waals surface area (Å²) in [7, 11) is 1.56. The quantitative estimate of drug-likeness (QED) is 0.869. The van der Waals surface area contributed by atoms with Crippen LogP contribution in [0.25, 0.3) is 0 Å². The van der Waals surface area contributed by atoms with Gasteiger partial charge in [0.2, 0.25) is 0 Å². The summed E-state index contributed by atoms with van der Waals surface area (Å²) >= 11 is 6.37. The number of carbonyl (C=O) groups excluding carboxylic acids is 1. The van der Waals surface area contributed by atoms with Crippen LogP contribution in [0.2, 0.25) is 5.02 Å². The van der Waals surface area contributed by atoms with Crippen molar-refractivity contribution >= 4 is 17.5 Å². The molecule has 1 aliphatic heterocycles. The molecule has 3 unspecified atom stereocenters. The summed E-state index contributed by atoms with van der Waals surface area (Å²) in [5, 5.41) is 0.402. The maximum atomic E-state index is 12.9. The van der Waals surface area contributed by atoms with Crippen molar-refractivity contribution in [1.82, 2.24) is 4.90 Å². The van der Waals surface area contributed by atoms with E-state index in [0.717, 1.165) is 25.9 Å². The number of ether oxygens (including phenoxy) is 2. The van der Waals surface area contributed by atoms with Crippen LogP contribution in [0.1, 0.15) is 37.0 Å². The van der Waals surface area contributed by atoms with Crippen LogP contribution in [-0.4, -0.2) is 43.7 Å². The molecule has 1 aliphatic carbocycles. The lowest BCUT2D eigenvalue weighted by Gasteiger charge is -2.20. The van der Waals surface area contributed by atoms with Gasteiger partial charge in [0, 0.05) is 24.7 Å². The van der Waals surface area contributed by atoms with E-state index >= 15 is 0 Å². The number of methoxy groups -OCH3 is 1. The maximum absolute atomic E-state index is 12.9. The number of hydrogen-bond acceptors (Lipinski definition) is 4. The fourth-order valence-corrected chi connectivity index (χ4v) is 4.15. The van der Waals surface area contributed by atoms with E-state index in [1.807, 2.05) is 4.90 Å². The van der Waals surface area contributed by atoms with Gasteiger partial charge in [-0.25, -0.2) is 0 Å². The lowest BCUT2D eigenvalue weighted by atomic mass is 9.98. The zero-order valence-corrected chi connectivity index (χ0v) is 15.9. The molecule has 0 spiro atoms. The van der Waals surface area contributed by atoms with Gasteiger partial charge in [-0.15, -0.1) is 0 Å². The zero-order valence-electron chi connectivity index (χ0n) is 15.1. The van der Waals surface area contributed by atoms with Crippen molar-refractivity contribution in [1.29, 1.82) is 0 Å². The maximum Gasteiger partial charge on any atom is 0.254 e. The molecule has 2 aliphatic rings. The number of fused-ring (bicyclic) bond motifs is 1. The highest BCUT2D eigenvalue weighted by Crippen LogP contribution is 2.40. The highest BCUT2D eigenvalue weighted by molar-refractivity contribution is 6.32. The van der Waals surface area contributed by atoms with E-state index in [9.17, 15) is 4.79 Å². The first-order valence-corrected chi connectivity index (χ1v) is 9.33. The monoisotopic (exact) mass is 366 g/mol. The molecule has 0 bridgehead atoms. The molecule has 1 amide bonds. The van der Waals surface area contributed by atoms with Crippen molar-refractivity contribution in [3.63, 3.8) is 0 Å². The second kappa shape index (κ2) is 7.42. The Morgan fingerprint density at radius 1 is 1.36 bits per heavy atom. The molecule has 1 aromatic carbocycles. The van der Waals surface area contributed by atoms with Gasteiger partial charge >= 0.3 is 0 Å². The molecule has 1 saturated carbocycles. The predicted molar refractivity (Wildman–Crippen MR) is 98.4 cm³/mol. The van der Waals surface area contributed by atoms with E-state index in [4.69, 9.17) is 26.8 Å². The number of benzene rings is 1. The zero-order chi connectivity index (χ0) is 18.1. The second-order valence-electron chi connectivity index (χ2n) is 7.57. The summed E-state index contributed by atoms with van der Waals surface area (Å²) in [6, 6.07) is 3.61. The van der Waals surface area contributed by atoms with Crippen molar-refractivity contribution in [2.24, 2.45) is 23.5 Å². The van der Waals surface area contributed by atoms with Crippen molar-refractivity contribution < 1.29 is 14.3 Å². The van der Waals surface area contributed by atoms with Crippen LogP contribution in [0.5, 0.6) is 11.5 Å². The van der Waals surface area contributed by atoms with Gasteiger partial charge < -0.3 is 20.1 Å². The summed E-state index contributed by atoms with van der Waals surface area (Å²) in [6.07, 6.45) is 2.18. The van der Waals surface area contributed by atoms with Crippen molar-refractivity contribution in [2.45, 2.75) is 32.7 Å². The van der Waals surface area contributed by atoms with Crippen molar-refractivity contribution in [2.75, 3.05) is 26.8 Å². The van der Waals surface area contributed by atoms with Gasteiger partial charge in [0.05, 0.1) is 18.7 Å². The Bertz CT molecular complexity index is 650. The van der Waals surface area contributed by atoms with E-state index < -0.39 is 0 Å². The Kier molecular flexibility index (Phi) is 5.44. The second-order valence-corrected chi connectivity index (χ2v) is 7.98. The highest BCUT2D eigenvalue weighted by atomic mass is 35.5. The van der Waals surface area contributed by atoms with E-state index in [-0.39, 0.29) is 11.9 Å². The topological polar surface area (TPSA) is 64.8 Å². The van der Waals surface area contributed by atoms with Crippen LogP contribution in [0.4, 0.5) is 0 Å². The molecule has 6 heteroatoms. The minimum atomic E-state index is -0.0165. The highest BCUT2D eigenvalue weighted by Gasteiger charge is 2.42. The number of rotatable bonds is 5. The molecule has 0 radical (unpaired) electrons. The molecular weight excluding hydrogens is 340 g/mol. The molecular formula is C19H27ClN2O3. The van der Waals surface area contributed by atoms with Gasteiger partial charge in [0.1, 0.15) is 0 Å². The Hall–Kier alpha value is -1.46. The molecule has 1 saturated heterocycles. The van der Waals surface area contributed by atoms with Gasteiger partial charge in [-0.3, -0.25) is 4.79 Å². The normalized spacial score (nSPS) is 25.4. The Labute approximate surface area is 154 Å². The smallest absolute Gasteiger partial charge is 0.254 e. The molecule has 1 aromatic rings. The third kappa shape index (κ3) is 3.72. The minimum Gasteiger partial charge on any atom is -0.493 e. The van der Waals surface area contributed by atoms with Gasteiger partial charge in [0.25, 0.3) is 5.91 Å². The van der Waals surface area contributed by atoms with E-state index in [1.54, 1.807) is 19.2 Å². The van der Waals surface area contributed by atoms with E-state index in [0.29, 0.717) is 46.4 Å². The number of amides is 1. The SMILES string of the molecule is COc1cc(C(=O)N2CC3CCC(N)C3C2)cc(Cl)c1OCC(C)C. The third-order valence-corrected chi connectivity index (χ3v) is 5.52. The molecule has 0 aromatic heterocycles. The predicted octanol–water partition coefficient (Wildman–Crippen LogP) is 3.19. The molecule has 5 nitrogen and oxygen atoms in total. The molecule has 3 rings (SSSR count). The van der Waals surface area contributed by atoms with Crippen LogP contribution in [0.15, 0.2) is 12.1 Å². The van der Waals surface area contributed by atoms with Crippen LogP contribution in [0.3, 0.4) is 0 Å². The molecule has 25 heavy (non-hydrogen) atoms. The van der Waals surface area contributed by atoms with E-state index in [2.05, 4.69) is 13.8 Å². The van der Waals surface area contributed by atoms with Gasteiger partial charge in [-0.1, -0.05) is 25.4 Å². The fourth-order valence-electron chi connectivity index (χ4n) is 3.89. The number of hydrogen-bond donors (Lipinski definition) is 1. The molecule has 2 N–H and O–H groups in total. The van der Waals surface area contributed by atoms with Gasteiger partial charge in [-0.2, -0.15) is 0 Å². The molecule has 138 valence electrons. The van der Waals surface area contributed by atoms with Crippen LogP contribution < -0.4 is 15.2 Å². The van der Waals surface area contributed by atoms with E-state index in [1.165, 1.54) is 0 Å². The van der Waals surface area contributed by atoms with Gasteiger partial charge in [0.15, 0.2) is 11.5 Å². The number of likely N-dealkylation sites (tertiary alicyclic amines) is 1. The lowest BCUT2D eigenvalue weighted by molar-refractivity contribution is 0.0779. The Morgan fingerprint density at radius 3 is 2.76 bits per heavy atom. The first-order valence-electron chi connectivity index (χ1n) is 8.95. The summed E-state index contributed by atoms with van der Waals surface area (Å²) in [6.45, 7) is 6.18. The van der Waals surface area contributed by atoms with Gasteiger partial charge in [-0.05, 0) is 42.7 Å². The largest absolute Gasteiger partial charge is 0.493 e. The summed E-state index contributed by atoms with van der Waals surface area (Å²) in [5.41, 5.74) is 6.71. The Balaban J connectivity index is 1.78. The Morgan fingerprint density at radius 2 is 2.12 bits per heavy atom. The molecule has 1 heterocycles.